The molecule has 0 spiro atoms. The number of benzene rings is 1. The van der Waals surface area contributed by atoms with Crippen molar-refractivity contribution in [1.82, 2.24) is 0 Å². The monoisotopic (exact) mass is 246 g/mol. The van der Waals surface area contributed by atoms with E-state index in [1.165, 1.54) is 18.6 Å². The van der Waals surface area contributed by atoms with E-state index in [0.717, 1.165) is 5.75 Å². The summed E-state index contributed by atoms with van der Waals surface area (Å²) in [6, 6.07) is 7.70. The van der Waals surface area contributed by atoms with Crippen molar-refractivity contribution in [1.29, 1.82) is 0 Å². The highest BCUT2D eigenvalue weighted by Crippen LogP contribution is 2.15. The fourth-order valence-corrected chi connectivity index (χ4v) is 1.22. The van der Waals surface area contributed by atoms with Crippen LogP contribution in [0.2, 0.25) is 0 Å². The predicted molar refractivity (Wildman–Crippen MR) is 76.7 cm³/mol. The molecule has 0 fully saturated rings. The normalized spacial score (nSPS) is 10.8. The van der Waals surface area contributed by atoms with Crippen molar-refractivity contribution in [2.24, 2.45) is 0 Å². The molecule has 0 unspecified atom stereocenters. The molecule has 0 saturated carbocycles. The third kappa shape index (κ3) is 6.69. The predicted octanol–water partition coefficient (Wildman–Crippen LogP) is 4.45. The van der Waals surface area contributed by atoms with Crippen LogP contribution < -0.4 is 4.74 Å². The van der Waals surface area contributed by atoms with E-state index in [1.807, 2.05) is 58.0 Å². The molecule has 0 atom stereocenters. The highest BCUT2D eigenvalue weighted by atomic mass is 16.5. The molecule has 0 bridgehead atoms. The summed E-state index contributed by atoms with van der Waals surface area (Å²) in [6.07, 6.45) is 5.07. The summed E-state index contributed by atoms with van der Waals surface area (Å²) in [5.74, 6) is 1.26. The first-order valence-corrected chi connectivity index (χ1v) is 6.21. The van der Waals surface area contributed by atoms with Gasteiger partial charge in [-0.15, -0.1) is 0 Å². The summed E-state index contributed by atoms with van der Waals surface area (Å²) < 4.78 is 5.57. The summed E-state index contributed by atoms with van der Waals surface area (Å²) >= 11 is 0. The van der Waals surface area contributed by atoms with Crippen LogP contribution >= 0.6 is 0 Å². The van der Waals surface area contributed by atoms with Crippen LogP contribution in [0.5, 0.6) is 5.75 Å². The molecule has 0 aliphatic heterocycles. The standard InChI is InChI=1S/C14H16O2.C2H6/c1-4-5-14(10-12(3)15)16-13-8-6-11(2)7-9-13;1-2/h4-10H,1-3H3;1-2H3/b5-4-,14-10+;. The molecule has 0 heterocycles. The van der Waals surface area contributed by atoms with Crippen molar-refractivity contribution in [2.45, 2.75) is 34.6 Å². The molecular weight excluding hydrogens is 224 g/mol. The number of carbonyl (C=O) groups excluding carboxylic acids is 1. The Balaban J connectivity index is 0.00000137. The molecule has 18 heavy (non-hydrogen) atoms. The Bertz CT molecular complexity index is 411. The van der Waals surface area contributed by atoms with E-state index in [-0.39, 0.29) is 5.78 Å². The number of carbonyl (C=O) groups is 1. The van der Waals surface area contributed by atoms with Gasteiger partial charge < -0.3 is 4.74 Å². The Labute approximate surface area is 110 Å². The zero-order chi connectivity index (χ0) is 14.0. The maximum Gasteiger partial charge on any atom is 0.156 e. The Morgan fingerprint density at radius 1 is 1.17 bits per heavy atom. The average Bonchev–Trinajstić information content (AvgIpc) is 2.34. The number of ketones is 1. The van der Waals surface area contributed by atoms with Crippen LogP contribution in [0.1, 0.15) is 33.3 Å². The van der Waals surface area contributed by atoms with E-state index in [4.69, 9.17) is 4.74 Å². The SMILES string of the molecule is C/C=C\C(=C/C(C)=O)Oc1ccc(C)cc1.CC. The first-order chi connectivity index (χ1) is 8.61. The van der Waals surface area contributed by atoms with Crippen LogP contribution in [0.25, 0.3) is 0 Å². The molecule has 0 N–H and O–H groups in total. The number of ether oxygens (including phenoxy) is 1. The topological polar surface area (TPSA) is 26.3 Å². The quantitative estimate of drug-likeness (QED) is 0.446. The summed E-state index contributed by atoms with van der Waals surface area (Å²) in [5, 5.41) is 0. The molecule has 0 aliphatic rings. The smallest absolute Gasteiger partial charge is 0.156 e. The van der Waals surface area contributed by atoms with E-state index in [2.05, 4.69) is 0 Å². The van der Waals surface area contributed by atoms with E-state index < -0.39 is 0 Å². The molecule has 0 saturated heterocycles. The van der Waals surface area contributed by atoms with Gasteiger partial charge in [-0.25, -0.2) is 0 Å². The molecule has 2 heteroatoms. The fraction of sp³-hybridized carbons (Fsp3) is 0.312. The largest absolute Gasteiger partial charge is 0.457 e. The molecule has 0 radical (unpaired) electrons. The molecule has 1 rings (SSSR count). The zero-order valence-corrected chi connectivity index (χ0v) is 11.9. The summed E-state index contributed by atoms with van der Waals surface area (Å²) in [7, 11) is 0. The van der Waals surface area contributed by atoms with Gasteiger partial charge in [-0.1, -0.05) is 37.6 Å². The first kappa shape index (κ1) is 16.2. The van der Waals surface area contributed by atoms with Gasteiger partial charge in [0.15, 0.2) is 5.78 Å². The minimum absolute atomic E-state index is 0.0276. The van der Waals surface area contributed by atoms with Crippen LogP contribution in [-0.4, -0.2) is 5.78 Å². The molecule has 0 amide bonds. The Kier molecular flexibility index (Phi) is 8.29. The second-order valence-corrected chi connectivity index (χ2v) is 3.57. The van der Waals surface area contributed by atoms with Gasteiger partial charge in [0.25, 0.3) is 0 Å². The van der Waals surface area contributed by atoms with E-state index >= 15 is 0 Å². The Morgan fingerprint density at radius 2 is 1.72 bits per heavy atom. The van der Waals surface area contributed by atoms with Gasteiger partial charge in [0, 0.05) is 6.08 Å². The van der Waals surface area contributed by atoms with Gasteiger partial charge >= 0.3 is 0 Å². The molecule has 2 nitrogen and oxygen atoms in total. The highest BCUT2D eigenvalue weighted by Gasteiger charge is 1.98. The summed E-state index contributed by atoms with van der Waals surface area (Å²) in [4.78, 5) is 11.0. The lowest BCUT2D eigenvalue weighted by molar-refractivity contribution is -0.112. The van der Waals surface area contributed by atoms with Crippen LogP contribution in [-0.2, 0) is 4.79 Å². The maximum absolute atomic E-state index is 11.0. The van der Waals surface area contributed by atoms with Crippen molar-refractivity contribution in [3.8, 4) is 5.75 Å². The van der Waals surface area contributed by atoms with Crippen molar-refractivity contribution in [3.05, 3.63) is 53.8 Å². The van der Waals surface area contributed by atoms with Gasteiger partial charge in [0.05, 0.1) is 0 Å². The van der Waals surface area contributed by atoms with Crippen LogP contribution in [0.4, 0.5) is 0 Å². The third-order valence-electron chi connectivity index (χ3n) is 1.93. The number of allylic oxidation sites excluding steroid dienone is 3. The van der Waals surface area contributed by atoms with Crippen molar-refractivity contribution in [2.75, 3.05) is 0 Å². The van der Waals surface area contributed by atoms with Crippen LogP contribution in [0.3, 0.4) is 0 Å². The second-order valence-electron chi connectivity index (χ2n) is 3.57. The van der Waals surface area contributed by atoms with E-state index in [0.29, 0.717) is 5.76 Å². The van der Waals surface area contributed by atoms with E-state index in [9.17, 15) is 4.79 Å². The molecule has 0 aromatic heterocycles. The van der Waals surface area contributed by atoms with Crippen LogP contribution in [0, 0.1) is 6.92 Å². The van der Waals surface area contributed by atoms with Gasteiger partial charge in [0.2, 0.25) is 0 Å². The first-order valence-electron chi connectivity index (χ1n) is 6.21. The Morgan fingerprint density at radius 3 is 2.17 bits per heavy atom. The molecular formula is C16H22O2. The lowest BCUT2D eigenvalue weighted by Gasteiger charge is -2.06. The van der Waals surface area contributed by atoms with Gasteiger partial charge in [-0.05, 0) is 39.0 Å². The van der Waals surface area contributed by atoms with Gasteiger partial charge in [-0.2, -0.15) is 0 Å². The van der Waals surface area contributed by atoms with Crippen molar-refractivity contribution < 1.29 is 9.53 Å². The number of hydrogen-bond donors (Lipinski definition) is 0. The third-order valence-corrected chi connectivity index (χ3v) is 1.93. The number of rotatable bonds is 4. The zero-order valence-electron chi connectivity index (χ0n) is 11.9. The number of hydrogen-bond acceptors (Lipinski definition) is 2. The highest BCUT2D eigenvalue weighted by molar-refractivity contribution is 5.88. The average molecular weight is 246 g/mol. The number of aryl methyl sites for hydroxylation is 1. The van der Waals surface area contributed by atoms with Gasteiger partial charge in [0.1, 0.15) is 11.5 Å². The molecule has 1 aromatic carbocycles. The second kappa shape index (κ2) is 9.23. The van der Waals surface area contributed by atoms with Crippen molar-refractivity contribution >= 4 is 5.78 Å². The molecule has 1 aromatic rings. The lowest BCUT2D eigenvalue weighted by atomic mass is 10.2. The minimum Gasteiger partial charge on any atom is -0.457 e. The molecule has 98 valence electrons. The Hall–Kier alpha value is -1.83. The van der Waals surface area contributed by atoms with E-state index in [1.54, 1.807) is 6.08 Å². The van der Waals surface area contributed by atoms with Crippen LogP contribution in [0.15, 0.2) is 48.3 Å². The lowest BCUT2D eigenvalue weighted by Crippen LogP contribution is -1.95. The maximum atomic E-state index is 11.0. The summed E-state index contributed by atoms with van der Waals surface area (Å²) in [6.45, 7) is 9.40. The van der Waals surface area contributed by atoms with Crippen molar-refractivity contribution in [3.63, 3.8) is 0 Å². The molecule has 0 aliphatic carbocycles. The fourth-order valence-electron chi connectivity index (χ4n) is 1.22. The summed E-state index contributed by atoms with van der Waals surface area (Å²) in [5.41, 5.74) is 1.18. The van der Waals surface area contributed by atoms with Gasteiger partial charge in [-0.3, -0.25) is 4.79 Å². The minimum atomic E-state index is -0.0276.